The topological polar surface area (TPSA) is 63.2 Å². The first-order valence-corrected chi connectivity index (χ1v) is 5.72. The third-order valence-corrected chi connectivity index (χ3v) is 2.94. The Bertz CT molecular complexity index is 309. The van der Waals surface area contributed by atoms with Crippen LogP contribution in [0.4, 0.5) is 0 Å². The number of ether oxygens (including phenoxy) is 1. The monoisotopic (exact) mass is 227 g/mol. The Balaban J connectivity index is 1.75. The molecule has 2 rings (SSSR count). The number of rotatable bonds is 3. The molecule has 0 saturated carbocycles. The molecule has 15 heavy (non-hydrogen) atoms. The summed E-state index contributed by atoms with van der Waals surface area (Å²) >= 11 is 1.34. The van der Waals surface area contributed by atoms with Crippen LogP contribution in [0.5, 0.6) is 0 Å². The fourth-order valence-electron chi connectivity index (χ4n) is 1.38. The summed E-state index contributed by atoms with van der Waals surface area (Å²) in [5.41, 5.74) is 1.65. The van der Waals surface area contributed by atoms with Gasteiger partial charge in [-0.05, 0) is 0 Å². The van der Waals surface area contributed by atoms with Gasteiger partial charge >= 0.3 is 0 Å². The van der Waals surface area contributed by atoms with Crippen LogP contribution in [-0.4, -0.2) is 43.2 Å². The van der Waals surface area contributed by atoms with Crippen LogP contribution in [0.1, 0.15) is 9.67 Å². The Labute approximate surface area is 91.9 Å². The molecule has 1 aromatic rings. The Morgan fingerprint density at radius 2 is 2.73 bits per heavy atom. The summed E-state index contributed by atoms with van der Waals surface area (Å²) in [6.07, 6.45) is 1.57. The van der Waals surface area contributed by atoms with Gasteiger partial charge in [0.1, 0.15) is 4.88 Å². The lowest BCUT2D eigenvalue weighted by atomic mass is 10.3. The van der Waals surface area contributed by atoms with Crippen molar-refractivity contribution < 1.29 is 9.53 Å². The zero-order valence-electron chi connectivity index (χ0n) is 8.23. The van der Waals surface area contributed by atoms with E-state index in [4.69, 9.17) is 4.74 Å². The molecule has 1 aromatic heterocycles. The lowest BCUT2D eigenvalue weighted by Crippen LogP contribution is -2.48. The fourth-order valence-corrected chi connectivity index (χ4v) is 1.92. The smallest absolute Gasteiger partial charge is 0.263 e. The molecule has 1 fully saturated rings. The highest BCUT2D eigenvalue weighted by atomic mass is 32.1. The van der Waals surface area contributed by atoms with Crippen molar-refractivity contribution in [2.45, 2.75) is 6.04 Å². The summed E-state index contributed by atoms with van der Waals surface area (Å²) in [6.45, 7) is 2.85. The normalized spacial score (nSPS) is 21.2. The van der Waals surface area contributed by atoms with E-state index < -0.39 is 0 Å². The maximum Gasteiger partial charge on any atom is 0.263 e. The second-order valence-electron chi connectivity index (χ2n) is 3.30. The number of nitrogens with zero attached hydrogens (tertiary/aromatic N) is 1. The Morgan fingerprint density at radius 3 is 3.40 bits per heavy atom. The summed E-state index contributed by atoms with van der Waals surface area (Å²) < 4.78 is 5.28. The second kappa shape index (κ2) is 5.20. The van der Waals surface area contributed by atoms with E-state index in [1.54, 1.807) is 11.7 Å². The minimum atomic E-state index is -0.0649. The van der Waals surface area contributed by atoms with Gasteiger partial charge in [-0.15, -0.1) is 11.3 Å². The van der Waals surface area contributed by atoms with Gasteiger partial charge in [0.05, 0.1) is 24.9 Å². The van der Waals surface area contributed by atoms with E-state index in [-0.39, 0.29) is 11.9 Å². The molecule has 0 aliphatic carbocycles. The SMILES string of the molecule is O=C(NCC1COCCN1)c1cncs1. The molecule has 2 heterocycles. The van der Waals surface area contributed by atoms with Crippen LogP contribution in [0.3, 0.4) is 0 Å². The number of hydrogen-bond acceptors (Lipinski definition) is 5. The van der Waals surface area contributed by atoms with E-state index >= 15 is 0 Å². The van der Waals surface area contributed by atoms with Crippen LogP contribution < -0.4 is 10.6 Å². The van der Waals surface area contributed by atoms with Gasteiger partial charge in [0.2, 0.25) is 0 Å². The van der Waals surface area contributed by atoms with E-state index in [1.807, 2.05) is 0 Å². The average molecular weight is 227 g/mol. The lowest BCUT2D eigenvalue weighted by Gasteiger charge is -2.23. The summed E-state index contributed by atoms with van der Waals surface area (Å²) in [5, 5.41) is 6.11. The van der Waals surface area contributed by atoms with Crippen molar-refractivity contribution >= 4 is 17.2 Å². The van der Waals surface area contributed by atoms with Gasteiger partial charge in [-0.3, -0.25) is 9.78 Å². The van der Waals surface area contributed by atoms with Crippen molar-refractivity contribution in [1.29, 1.82) is 0 Å². The molecule has 1 aliphatic heterocycles. The zero-order valence-corrected chi connectivity index (χ0v) is 9.05. The third kappa shape index (κ3) is 2.98. The van der Waals surface area contributed by atoms with E-state index in [0.717, 1.165) is 13.2 Å². The van der Waals surface area contributed by atoms with Crippen molar-refractivity contribution in [2.75, 3.05) is 26.3 Å². The third-order valence-electron chi connectivity index (χ3n) is 2.16. The van der Waals surface area contributed by atoms with Crippen LogP contribution in [0.25, 0.3) is 0 Å². The number of amides is 1. The average Bonchev–Trinajstić information content (AvgIpc) is 2.81. The van der Waals surface area contributed by atoms with Crippen LogP contribution in [0.15, 0.2) is 11.7 Å². The van der Waals surface area contributed by atoms with Crippen molar-refractivity contribution in [1.82, 2.24) is 15.6 Å². The van der Waals surface area contributed by atoms with Crippen molar-refractivity contribution in [2.24, 2.45) is 0 Å². The Morgan fingerprint density at radius 1 is 1.80 bits per heavy atom. The molecule has 1 saturated heterocycles. The predicted molar refractivity (Wildman–Crippen MR) is 57.1 cm³/mol. The molecular weight excluding hydrogens is 214 g/mol. The first-order chi connectivity index (χ1) is 7.36. The quantitative estimate of drug-likeness (QED) is 0.754. The summed E-state index contributed by atoms with van der Waals surface area (Å²) in [5.74, 6) is -0.0649. The molecule has 0 radical (unpaired) electrons. The molecular formula is C9H13N3O2S. The van der Waals surface area contributed by atoms with E-state index in [0.29, 0.717) is 18.0 Å². The summed E-state index contributed by atoms with van der Waals surface area (Å²) in [4.78, 5) is 16.0. The first kappa shape index (κ1) is 10.5. The zero-order chi connectivity index (χ0) is 10.5. The summed E-state index contributed by atoms with van der Waals surface area (Å²) in [6, 6.07) is 0.218. The lowest BCUT2D eigenvalue weighted by molar-refractivity contribution is 0.0735. The molecule has 6 heteroatoms. The molecule has 82 valence electrons. The minimum Gasteiger partial charge on any atom is -0.378 e. The number of hydrogen-bond donors (Lipinski definition) is 2. The molecule has 5 nitrogen and oxygen atoms in total. The number of carbonyl (C=O) groups excluding carboxylic acids is 1. The fraction of sp³-hybridized carbons (Fsp3) is 0.556. The van der Waals surface area contributed by atoms with Crippen LogP contribution in [0, 0.1) is 0 Å². The molecule has 1 unspecified atom stereocenters. The Hall–Kier alpha value is -0.980. The highest BCUT2D eigenvalue weighted by Gasteiger charge is 2.14. The number of aromatic nitrogens is 1. The molecule has 0 spiro atoms. The predicted octanol–water partition coefficient (Wildman–Crippen LogP) is -0.139. The molecule has 1 atom stereocenters. The van der Waals surface area contributed by atoms with Crippen LogP contribution in [-0.2, 0) is 4.74 Å². The summed E-state index contributed by atoms with van der Waals surface area (Å²) in [7, 11) is 0. The molecule has 1 aliphatic rings. The number of nitrogens with one attached hydrogen (secondary N) is 2. The van der Waals surface area contributed by atoms with Crippen LogP contribution in [0.2, 0.25) is 0 Å². The highest BCUT2D eigenvalue weighted by molar-refractivity contribution is 7.11. The highest BCUT2D eigenvalue weighted by Crippen LogP contribution is 2.04. The molecule has 1 amide bonds. The maximum absolute atomic E-state index is 11.5. The van der Waals surface area contributed by atoms with Gasteiger partial charge in [0, 0.05) is 19.1 Å². The maximum atomic E-state index is 11.5. The van der Waals surface area contributed by atoms with Crippen molar-refractivity contribution in [3.05, 3.63) is 16.6 Å². The van der Waals surface area contributed by atoms with E-state index in [1.165, 1.54) is 11.3 Å². The largest absolute Gasteiger partial charge is 0.378 e. The van der Waals surface area contributed by atoms with Gasteiger partial charge < -0.3 is 15.4 Å². The van der Waals surface area contributed by atoms with Gasteiger partial charge in [0.15, 0.2) is 0 Å². The number of carbonyl (C=O) groups is 1. The van der Waals surface area contributed by atoms with Crippen molar-refractivity contribution in [3.63, 3.8) is 0 Å². The van der Waals surface area contributed by atoms with Crippen LogP contribution >= 0.6 is 11.3 Å². The van der Waals surface area contributed by atoms with Gasteiger partial charge in [0.25, 0.3) is 5.91 Å². The van der Waals surface area contributed by atoms with Gasteiger partial charge in [-0.1, -0.05) is 0 Å². The van der Waals surface area contributed by atoms with E-state index in [9.17, 15) is 4.79 Å². The molecule has 0 bridgehead atoms. The van der Waals surface area contributed by atoms with Crippen molar-refractivity contribution in [3.8, 4) is 0 Å². The minimum absolute atomic E-state index is 0.0649. The molecule has 0 aromatic carbocycles. The standard InChI is InChI=1S/C9H13N3O2S/c13-9(8-4-10-6-15-8)12-3-7-5-14-2-1-11-7/h4,6-7,11H,1-3,5H2,(H,12,13). The number of morpholine rings is 1. The first-order valence-electron chi connectivity index (χ1n) is 4.84. The van der Waals surface area contributed by atoms with Gasteiger partial charge in [-0.2, -0.15) is 0 Å². The number of thiazole rings is 1. The van der Waals surface area contributed by atoms with Gasteiger partial charge in [-0.25, -0.2) is 0 Å². The molecule has 2 N–H and O–H groups in total. The van der Waals surface area contributed by atoms with E-state index in [2.05, 4.69) is 15.6 Å². The second-order valence-corrected chi connectivity index (χ2v) is 4.19. The Kier molecular flexibility index (Phi) is 3.65.